The molecule has 0 radical (unpaired) electrons. The summed E-state index contributed by atoms with van der Waals surface area (Å²) in [6.45, 7) is 4.91. The van der Waals surface area contributed by atoms with Crippen molar-refractivity contribution in [2.45, 2.75) is 43.9 Å². The van der Waals surface area contributed by atoms with E-state index in [9.17, 15) is 21.6 Å². The maximum absolute atomic E-state index is 14.1. The van der Waals surface area contributed by atoms with E-state index in [2.05, 4.69) is 0 Å². The van der Waals surface area contributed by atoms with Gasteiger partial charge < -0.3 is 5.73 Å². The first-order chi connectivity index (χ1) is 14.9. The highest BCUT2D eigenvalue weighted by molar-refractivity contribution is 7.89. The maximum atomic E-state index is 14.1. The zero-order chi connectivity index (χ0) is 23.7. The van der Waals surface area contributed by atoms with Crippen LogP contribution >= 0.6 is 0 Å². The lowest BCUT2D eigenvalue weighted by Gasteiger charge is -2.29. The summed E-state index contributed by atoms with van der Waals surface area (Å²) >= 11 is 0. The Morgan fingerprint density at radius 2 is 1.41 bits per heavy atom. The monoisotopic (exact) mass is 462 g/mol. The molecule has 8 heteroatoms. The molecule has 3 rings (SSSR count). The van der Waals surface area contributed by atoms with E-state index in [0.29, 0.717) is 22.3 Å². The molecule has 2 unspecified atom stereocenters. The smallest absolute Gasteiger partial charge is 0.322 e. The molecule has 3 aromatic rings. The highest BCUT2D eigenvalue weighted by Crippen LogP contribution is 2.35. The molecule has 0 amide bonds. The lowest BCUT2D eigenvalue weighted by molar-refractivity contribution is -0.156. The zero-order valence-electron chi connectivity index (χ0n) is 17.9. The molecule has 2 atom stereocenters. The second kappa shape index (κ2) is 9.05. The molecule has 0 fully saturated rings. The molecule has 0 saturated carbocycles. The van der Waals surface area contributed by atoms with E-state index >= 15 is 0 Å². The number of sulfonamides is 1. The van der Waals surface area contributed by atoms with Crippen LogP contribution in [-0.2, 0) is 10.0 Å². The molecular formula is C24H25F3N2O2S. The molecule has 0 spiro atoms. The Morgan fingerprint density at radius 1 is 0.875 bits per heavy atom. The number of rotatable bonds is 6. The van der Waals surface area contributed by atoms with Crippen LogP contribution in [0.2, 0.25) is 0 Å². The number of hydrogen-bond acceptors (Lipinski definition) is 3. The predicted molar refractivity (Wildman–Crippen MR) is 120 cm³/mol. The summed E-state index contributed by atoms with van der Waals surface area (Å²) < 4.78 is 70.3. The van der Waals surface area contributed by atoms with Crippen molar-refractivity contribution >= 4 is 10.0 Å². The van der Waals surface area contributed by atoms with E-state index in [1.807, 2.05) is 4.72 Å². The number of alkyl halides is 3. The third kappa shape index (κ3) is 5.03. The van der Waals surface area contributed by atoms with Gasteiger partial charge in [0, 0.05) is 0 Å². The third-order valence-corrected chi connectivity index (χ3v) is 7.02. The molecule has 0 heterocycles. The predicted octanol–water partition coefficient (Wildman–Crippen LogP) is 5.19. The number of benzene rings is 3. The van der Waals surface area contributed by atoms with Gasteiger partial charge in [-0.05, 0) is 48.6 Å². The van der Waals surface area contributed by atoms with Gasteiger partial charge in [0.2, 0.25) is 10.0 Å². The molecule has 0 aliphatic rings. The summed E-state index contributed by atoms with van der Waals surface area (Å²) in [5, 5.41) is 0. The number of nitrogens with one attached hydrogen (secondary N) is 1. The van der Waals surface area contributed by atoms with Crippen LogP contribution in [0.1, 0.15) is 28.3 Å². The van der Waals surface area contributed by atoms with Gasteiger partial charge in [-0.15, -0.1) is 0 Å². The largest absolute Gasteiger partial charge is 0.406 e. The van der Waals surface area contributed by atoms with Crippen molar-refractivity contribution in [3.63, 3.8) is 0 Å². The number of aryl methyl sites for hydroxylation is 3. The van der Waals surface area contributed by atoms with Gasteiger partial charge in [0.1, 0.15) is 6.04 Å². The van der Waals surface area contributed by atoms with E-state index in [4.69, 9.17) is 5.73 Å². The second-order valence-electron chi connectivity index (χ2n) is 7.85. The minimum atomic E-state index is -4.91. The molecule has 3 N–H and O–H groups in total. The Balaban J connectivity index is 2.07. The minimum absolute atomic E-state index is 0.166. The molecule has 0 saturated heterocycles. The first kappa shape index (κ1) is 24.0. The van der Waals surface area contributed by atoms with Crippen molar-refractivity contribution in [1.29, 1.82) is 0 Å². The normalized spacial score (nSPS) is 14.2. The molecule has 0 bridgehead atoms. The number of halogens is 3. The average Bonchev–Trinajstić information content (AvgIpc) is 2.70. The van der Waals surface area contributed by atoms with Crippen molar-refractivity contribution in [2.75, 3.05) is 0 Å². The van der Waals surface area contributed by atoms with Crippen LogP contribution in [0.25, 0.3) is 11.1 Å². The molecule has 4 nitrogen and oxygen atoms in total. The summed E-state index contributed by atoms with van der Waals surface area (Å²) in [5.74, 6) is 0. The van der Waals surface area contributed by atoms with Crippen LogP contribution in [-0.4, -0.2) is 20.6 Å². The van der Waals surface area contributed by atoms with Crippen LogP contribution in [0.3, 0.4) is 0 Å². The van der Waals surface area contributed by atoms with Gasteiger partial charge >= 0.3 is 6.18 Å². The second-order valence-corrected chi connectivity index (χ2v) is 9.50. The quantitative estimate of drug-likeness (QED) is 0.530. The zero-order valence-corrected chi connectivity index (χ0v) is 18.8. The average molecular weight is 463 g/mol. The van der Waals surface area contributed by atoms with E-state index in [-0.39, 0.29) is 10.5 Å². The summed E-state index contributed by atoms with van der Waals surface area (Å²) in [4.78, 5) is -0.166. The first-order valence-corrected chi connectivity index (χ1v) is 11.5. The SMILES string of the molecule is Cc1cc(C)c(S(=O)(=O)NC(C(N)c2ccccc2-c2ccccc2)C(F)(F)F)c(C)c1. The standard InChI is InChI=1S/C24H25F3N2O2S/c1-15-13-16(2)22(17(3)14-15)32(30,31)29-23(24(25,26)27)21(28)20-12-8-7-11-19(20)18-9-5-4-6-10-18/h4-14,21,23,29H,28H2,1-3H3. The van der Waals surface area contributed by atoms with Crippen molar-refractivity contribution in [1.82, 2.24) is 4.72 Å². The van der Waals surface area contributed by atoms with Gasteiger partial charge in [0.15, 0.2) is 0 Å². The first-order valence-electron chi connectivity index (χ1n) is 9.98. The van der Waals surface area contributed by atoms with Crippen molar-refractivity contribution in [2.24, 2.45) is 5.73 Å². The van der Waals surface area contributed by atoms with E-state index in [0.717, 1.165) is 5.56 Å². The summed E-state index contributed by atoms with van der Waals surface area (Å²) in [6.07, 6.45) is -4.91. The van der Waals surface area contributed by atoms with Crippen LogP contribution in [0.15, 0.2) is 71.6 Å². The van der Waals surface area contributed by atoms with Gasteiger partial charge in [0.05, 0.1) is 10.9 Å². The fourth-order valence-corrected chi connectivity index (χ4v) is 5.71. The number of nitrogens with two attached hydrogens (primary N) is 1. The Morgan fingerprint density at radius 3 is 1.97 bits per heavy atom. The molecule has 0 aliphatic heterocycles. The van der Waals surface area contributed by atoms with Crippen molar-refractivity contribution in [3.05, 3.63) is 89.0 Å². The van der Waals surface area contributed by atoms with E-state index < -0.39 is 28.3 Å². The molecule has 170 valence electrons. The summed E-state index contributed by atoms with van der Waals surface area (Å²) in [7, 11) is -4.50. The minimum Gasteiger partial charge on any atom is -0.322 e. The van der Waals surface area contributed by atoms with Crippen LogP contribution < -0.4 is 10.5 Å². The fraction of sp³-hybridized carbons (Fsp3) is 0.250. The lowest BCUT2D eigenvalue weighted by atomic mass is 9.92. The molecule has 0 aromatic heterocycles. The highest BCUT2D eigenvalue weighted by Gasteiger charge is 2.47. The maximum Gasteiger partial charge on any atom is 0.406 e. The van der Waals surface area contributed by atoms with Gasteiger partial charge in [-0.25, -0.2) is 8.42 Å². The fourth-order valence-electron chi connectivity index (χ4n) is 4.01. The Hall–Kier alpha value is -2.68. The van der Waals surface area contributed by atoms with Gasteiger partial charge in [-0.1, -0.05) is 72.3 Å². The molecular weight excluding hydrogens is 437 g/mol. The number of hydrogen-bond donors (Lipinski definition) is 2. The van der Waals surface area contributed by atoms with E-state index in [1.165, 1.54) is 6.07 Å². The topological polar surface area (TPSA) is 72.2 Å². The van der Waals surface area contributed by atoms with Gasteiger partial charge in [-0.2, -0.15) is 17.9 Å². The van der Waals surface area contributed by atoms with Crippen LogP contribution in [0.4, 0.5) is 13.2 Å². The highest BCUT2D eigenvalue weighted by atomic mass is 32.2. The Bertz CT molecular complexity index is 1190. The molecule has 0 aliphatic carbocycles. The van der Waals surface area contributed by atoms with Crippen molar-refractivity contribution in [3.8, 4) is 11.1 Å². The van der Waals surface area contributed by atoms with Crippen LogP contribution in [0.5, 0.6) is 0 Å². The molecule has 3 aromatic carbocycles. The molecule has 32 heavy (non-hydrogen) atoms. The van der Waals surface area contributed by atoms with Gasteiger partial charge in [-0.3, -0.25) is 0 Å². The Labute approximate surface area is 186 Å². The third-order valence-electron chi connectivity index (χ3n) is 5.27. The Kier molecular flexibility index (Phi) is 6.78. The summed E-state index contributed by atoms with van der Waals surface area (Å²) in [5.41, 5.74) is 9.05. The van der Waals surface area contributed by atoms with Gasteiger partial charge in [0.25, 0.3) is 0 Å². The lowest BCUT2D eigenvalue weighted by Crippen LogP contribution is -2.51. The summed E-state index contributed by atoms with van der Waals surface area (Å²) in [6, 6.07) is 14.4. The van der Waals surface area contributed by atoms with Crippen molar-refractivity contribution < 1.29 is 21.6 Å². The van der Waals surface area contributed by atoms with Crippen LogP contribution in [0, 0.1) is 20.8 Å². The van der Waals surface area contributed by atoms with E-state index in [1.54, 1.807) is 81.4 Å².